The summed E-state index contributed by atoms with van der Waals surface area (Å²) in [5, 5.41) is 6.09. The number of halogens is 1. The molecule has 0 saturated carbocycles. The third-order valence-corrected chi connectivity index (χ3v) is 5.96. The Morgan fingerprint density at radius 3 is 2.42 bits per heavy atom. The Bertz CT molecular complexity index is 1310. The van der Waals surface area contributed by atoms with Crippen LogP contribution in [-0.4, -0.2) is 27.5 Å². The maximum Gasteiger partial charge on any atom is 0.332 e. The van der Waals surface area contributed by atoms with Crippen molar-refractivity contribution in [1.82, 2.24) is 14.5 Å². The van der Waals surface area contributed by atoms with Crippen molar-refractivity contribution < 1.29 is 9.59 Å². The van der Waals surface area contributed by atoms with E-state index in [1.165, 1.54) is 11.6 Å². The maximum atomic E-state index is 12.9. The fourth-order valence-corrected chi connectivity index (χ4v) is 4.06. The van der Waals surface area contributed by atoms with Gasteiger partial charge in [0.1, 0.15) is 5.82 Å². The Morgan fingerprint density at radius 2 is 1.73 bits per heavy atom. The summed E-state index contributed by atoms with van der Waals surface area (Å²) >= 11 is 5.88. The molecule has 1 aliphatic heterocycles. The van der Waals surface area contributed by atoms with Gasteiger partial charge in [-0.2, -0.15) is 0 Å². The molecule has 2 N–H and O–H groups in total. The summed E-state index contributed by atoms with van der Waals surface area (Å²) in [6, 6.07) is 16.6. The van der Waals surface area contributed by atoms with E-state index in [9.17, 15) is 19.2 Å². The van der Waals surface area contributed by atoms with Crippen molar-refractivity contribution in [1.29, 1.82) is 0 Å². The van der Waals surface area contributed by atoms with Crippen molar-refractivity contribution in [3.05, 3.63) is 97.1 Å². The number of rotatable bonds is 7. The van der Waals surface area contributed by atoms with Gasteiger partial charge < -0.3 is 10.6 Å². The molecule has 1 atom stereocenters. The van der Waals surface area contributed by atoms with Crippen LogP contribution in [-0.2, 0) is 29.6 Å². The Hall–Kier alpha value is -3.65. The third kappa shape index (κ3) is 4.75. The van der Waals surface area contributed by atoms with Crippen LogP contribution in [0, 0.1) is 0 Å². The molecule has 0 radical (unpaired) electrons. The quantitative estimate of drug-likeness (QED) is 0.556. The number of aromatic nitrogens is 2. The zero-order valence-electron chi connectivity index (χ0n) is 18.0. The number of amides is 2. The van der Waals surface area contributed by atoms with Gasteiger partial charge in [0, 0.05) is 25.0 Å². The molecule has 0 bridgehead atoms. The number of carbonyl (C=O) groups is 2. The van der Waals surface area contributed by atoms with E-state index in [0.29, 0.717) is 18.0 Å². The molecule has 2 heterocycles. The van der Waals surface area contributed by atoms with Crippen molar-refractivity contribution >= 4 is 29.2 Å². The minimum Gasteiger partial charge on any atom is -0.356 e. The van der Waals surface area contributed by atoms with E-state index in [1.54, 1.807) is 12.1 Å². The number of fused-ring (bicyclic) bond motifs is 1. The molecule has 1 aromatic heterocycles. The average molecular weight is 467 g/mol. The second kappa shape index (κ2) is 9.46. The molecule has 3 aromatic rings. The maximum absolute atomic E-state index is 12.9. The molecular formula is C24H23ClN4O4. The van der Waals surface area contributed by atoms with Crippen LogP contribution in [0.4, 0.5) is 5.82 Å². The Morgan fingerprint density at radius 1 is 1.03 bits per heavy atom. The van der Waals surface area contributed by atoms with Gasteiger partial charge >= 0.3 is 5.69 Å². The Balaban J connectivity index is 1.53. The molecule has 1 aliphatic rings. The highest BCUT2D eigenvalue weighted by Crippen LogP contribution is 2.31. The molecule has 1 unspecified atom stereocenters. The van der Waals surface area contributed by atoms with E-state index in [4.69, 9.17) is 11.6 Å². The lowest BCUT2D eigenvalue weighted by atomic mass is 9.99. The van der Waals surface area contributed by atoms with E-state index >= 15 is 0 Å². The van der Waals surface area contributed by atoms with Crippen LogP contribution in [0.1, 0.15) is 29.0 Å². The lowest BCUT2D eigenvalue weighted by Gasteiger charge is -2.14. The molecule has 0 spiro atoms. The number of nitrogens with one attached hydrogen (secondary N) is 2. The molecule has 9 heteroatoms. The summed E-state index contributed by atoms with van der Waals surface area (Å²) < 4.78 is 2.34. The van der Waals surface area contributed by atoms with Crippen LogP contribution >= 0.6 is 11.6 Å². The smallest absolute Gasteiger partial charge is 0.332 e. The first-order valence-electron chi connectivity index (χ1n) is 10.5. The second-order valence-electron chi connectivity index (χ2n) is 7.95. The molecule has 2 aromatic carbocycles. The molecule has 8 nitrogen and oxygen atoms in total. The van der Waals surface area contributed by atoms with Gasteiger partial charge in [-0.05, 0) is 29.7 Å². The van der Waals surface area contributed by atoms with Crippen molar-refractivity contribution in [3.63, 3.8) is 0 Å². The van der Waals surface area contributed by atoms with Crippen LogP contribution < -0.4 is 21.9 Å². The summed E-state index contributed by atoms with van der Waals surface area (Å²) in [4.78, 5) is 50.9. The van der Waals surface area contributed by atoms with E-state index in [0.717, 1.165) is 15.7 Å². The first-order chi connectivity index (χ1) is 15.8. The topological polar surface area (TPSA) is 102 Å². The van der Waals surface area contributed by atoms with Gasteiger partial charge in [-0.25, -0.2) is 4.79 Å². The molecule has 170 valence electrons. The van der Waals surface area contributed by atoms with Crippen LogP contribution in [0.3, 0.4) is 0 Å². The highest BCUT2D eigenvalue weighted by atomic mass is 35.5. The van der Waals surface area contributed by atoms with Gasteiger partial charge in [-0.15, -0.1) is 0 Å². The summed E-state index contributed by atoms with van der Waals surface area (Å²) in [5.74, 6) is -1.62. The normalized spacial score (nSPS) is 14.6. The molecular weight excluding hydrogens is 444 g/mol. The van der Waals surface area contributed by atoms with Crippen LogP contribution in [0.15, 0.2) is 64.2 Å². The van der Waals surface area contributed by atoms with Crippen molar-refractivity contribution in [2.24, 2.45) is 7.05 Å². The zero-order valence-corrected chi connectivity index (χ0v) is 18.8. The summed E-state index contributed by atoms with van der Waals surface area (Å²) in [6.07, 6.45) is 0.424. The van der Waals surface area contributed by atoms with Gasteiger partial charge in [0.15, 0.2) is 0 Å². The lowest BCUT2D eigenvalue weighted by Crippen LogP contribution is -2.40. The predicted molar refractivity (Wildman–Crippen MR) is 126 cm³/mol. The fraction of sp³-hybridized carbons (Fsp3) is 0.250. The predicted octanol–water partition coefficient (Wildman–Crippen LogP) is 2.03. The molecule has 0 saturated heterocycles. The SMILES string of the molecule is Cn1c(=O)c2c(n(Cc3ccccc3)c1=O)NC(=O)C2CC(=O)NCCc1ccc(Cl)cc1. The van der Waals surface area contributed by atoms with Gasteiger partial charge in [0.05, 0.1) is 18.0 Å². The van der Waals surface area contributed by atoms with Crippen molar-refractivity contribution in [3.8, 4) is 0 Å². The van der Waals surface area contributed by atoms with E-state index in [2.05, 4.69) is 10.6 Å². The number of hydrogen-bond donors (Lipinski definition) is 2. The minimum absolute atomic E-state index is 0.144. The average Bonchev–Trinajstić information content (AvgIpc) is 3.13. The van der Waals surface area contributed by atoms with E-state index in [-0.39, 0.29) is 30.3 Å². The number of hydrogen-bond acceptors (Lipinski definition) is 4. The van der Waals surface area contributed by atoms with Crippen molar-refractivity contribution in [2.45, 2.75) is 25.3 Å². The van der Waals surface area contributed by atoms with E-state index in [1.807, 2.05) is 42.5 Å². The van der Waals surface area contributed by atoms with Crippen molar-refractivity contribution in [2.75, 3.05) is 11.9 Å². The molecule has 33 heavy (non-hydrogen) atoms. The summed E-state index contributed by atoms with van der Waals surface area (Å²) in [6.45, 7) is 0.573. The van der Waals surface area contributed by atoms with Gasteiger partial charge in [-0.1, -0.05) is 54.1 Å². The number of benzene rings is 2. The van der Waals surface area contributed by atoms with Gasteiger partial charge in [-0.3, -0.25) is 23.5 Å². The minimum atomic E-state index is -0.961. The Labute approximate surface area is 194 Å². The Kier molecular flexibility index (Phi) is 6.46. The standard InChI is InChI=1S/C24H23ClN4O4/c1-28-23(32)20-18(13-19(30)26-12-11-15-7-9-17(25)10-8-15)22(31)27-21(20)29(24(28)33)14-16-5-3-2-4-6-16/h2-10,18H,11-14H2,1H3,(H,26,30)(H,27,31). The zero-order chi connectivity index (χ0) is 23.5. The largest absolute Gasteiger partial charge is 0.356 e. The van der Waals surface area contributed by atoms with Gasteiger partial charge in [0.2, 0.25) is 11.8 Å². The first kappa shape index (κ1) is 22.5. The number of anilines is 1. The number of carbonyl (C=O) groups excluding carboxylic acids is 2. The van der Waals surface area contributed by atoms with Gasteiger partial charge in [0.25, 0.3) is 5.56 Å². The summed E-state index contributed by atoms with van der Waals surface area (Å²) in [5.41, 5.74) is 0.902. The molecule has 0 aliphatic carbocycles. The summed E-state index contributed by atoms with van der Waals surface area (Å²) in [7, 11) is 1.37. The first-order valence-corrected chi connectivity index (χ1v) is 10.9. The van der Waals surface area contributed by atoms with Crippen LogP contribution in [0.25, 0.3) is 0 Å². The third-order valence-electron chi connectivity index (χ3n) is 5.71. The highest BCUT2D eigenvalue weighted by molar-refractivity contribution is 6.30. The monoisotopic (exact) mass is 466 g/mol. The van der Waals surface area contributed by atoms with E-state index < -0.39 is 23.1 Å². The number of nitrogens with zero attached hydrogens (tertiary/aromatic N) is 2. The second-order valence-corrected chi connectivity index (χ2v) is 8.39. The molecule has 0 fully saturated rings. The fourth-order valence-electron chi connectivity index (χ4n) is 3.94. The van der Waals surface area contributed by atoms with Crippen LogP contribution in [0.2, 0.25) is 5.02 Å². The van der Waals surface area contributed by atoms with Crippen LogP contribution in [0.5, 0.6) is 0 Å². The molecule has 4 rings (SSSR count). The molecule has 2 amide bonds. The lowest BCUT2D eigenvalue weighted by molar-refractivity contribution is -0.125. The highest BCUT2D eigenvalue weighted by Gasteiger charge is 2.38.